The first-order valence-electron chi connectivity index (χ1n) is 8.97. The maximum atomic E-state index is 13.2. The number of thiocarbonyl (C=S) groups is 1. The number of nitrogens with one attached hydrogen (secondary N) is 1. The summed E-state index contributed by atoms with van der Waals surface area (Å²) in [6, 6.07) is 3.68. The molecule has 0 atom stereocenters. The van der Waals surface area contributed by atoms with E-state index in [9.17, 15) is 9.59 Å². The Balaban J connectivity index is 2.07. The standard InChI is InChI=1S/C19H22N4O4S2/c1-12-5-4-7-22-16(12)21-15(20-6-9-26-2)13(17(22)24)11-14-18(25)23(8-10-27-3)19(28)29-14/h4-5,7,11,20H,6,8-10H2,1-3H3. The fraction of sp³-hybridized carbons (Fsp3) is 0.368. The predicted molar refractivity (Wildman–Crippen MR) is 118 cm³/mol. The zero-order valence-electron chi connectivity index (χ0n) is 16.4. The summed E-state index contributed by atoms with van der Waals surface area (Å²) in [7, 11) is 3.16. The molecule has 1 N–H and O–H groups in total. The molecule has 1 aliphatic rings. The molecule has 1 saturated heterocycles. The smallest absolute Gasteiger partial charge is 0.267 e. The summed E-state index contributed by atoms with van der Waals surface area (Å²) in [6.07, 6.45) is 3.23. The number of carbonyl (C=O) groups is 1. The number of carbonyl (C=O) groups excluding carboxylic acids is 1. The van der Waals surface area contributed by atoms with Gasteiger partial charge in [0.1, 0.15) is 15.8 Å². The van der Waals surface area contributed by atoms with Gasteiger partial charge < -0.3 is 14.8 Å². The van der Waals surface area contributed by atoms with Gasteiger partial charge in [-0.3, -0.25) is 18.9 Å². The van der Waals surface area contributed by atoms with Gasteiger partial charge in [-0.05, 0) is 24.6 Å². The van der Waals surface area contributed by atoms with Crippen molar-refractivity contribution in [2.45, 2.75) is 6.92 Å². The molecule has 0 bridgehead atoms. The molecule has 0 aromatic carbocycles. The molecule has 0 saturated carbocycles. The lowest BCUT2D eigenvalue weighted by Gasteiger charge is -2.13. The summed E-state index contributed by atoms with van der Waals surface area (Å²) in [5.74, 6) is 0.164. The number of rotatable bonds is 8. The largest absolute Gasteiger partial charge is 0.383 e. The molecular weight excluding hydrogens is 412 g/mol. The SMILES string of the molecule is COCCNc1nc2c(C)cccn2c(=O)c1C=C1SC(=S)N(CCOC)C1=O. The molecule has 0 radical (unpaired) electrons. The van der Waals surface area contributed by atoms with Crippen molar-refractivity contribution in [3.63, 3.8) is 0 Å². The van der Waals surface area contributed by atoms with Gasteiger partial charge in [-0.25, -0.2) is 4.98 Å². The van der Waals surface area contributed by atoms with Crippen LogP contribution in [0.1, 0.15) is 11.1 Å². The van der Waals surface area contributed by atoms with E-state index in [0.717, 1.165) is 5.56 Å². The van der Waals surface area contributed by atoms with Crippen LogP contribution in [-0.4, -0.2) is 65.0 Å². The Morgan fingerprint density at radius 2 is 2.03 bits per heavy atom. The number of anilines is 1. The van der Waals surface area contributed by atoms with Crippen molar-refractivity contribution < 1.29 is 14.3 Å². The van der Waals surface area contributed by atoms with Gasteiger partial charge >= 0.3 is 0 Å². The highest BCUT2D eigenvalue weighted by Crippen LogP contribution is 2.32. The van der Waals surface area contributed by atoms with Gasteiger partial charge in [0, 0.05) is 27.0 Å². The molecule has 0 unspecified atom stereocenters. The predicted octanol–water partition coefficient (Wildman–Crippen LogP) is 1.91. The molecule has 154 valence electrons. The van der Waals surface area contributed by atoms with Crippen LogP contribution in [0.2, 0.25) is 0 Å². The van der Waals surface area contributed by atoms with Crippen LogP contribution in [0.3, 0.4) is 0 Å². The van der Waals surface area contributed by atoms with Crippen molar-refractivity contribution in [1.82, 2.24) is 14.3 Å². The van der Waals surface area contributed by atoms with Crippen LogP contribution in [0.25, 0.3) is 11.7 Å². The second kappa shape index (κ2) is 9.49. The zero-order valence-corrected chi connectivity index (χ0v) is 18.1. The van der Waals surface area contributed by atoms with Crippen LogP contribution in [0.4, 0.5) is 5.82 Å². The van der Waals surface area contributed by atoms with Crippen LogP contribution in [0.5, 0.6) is 0 Å². The quantitative estimate of drug-likeness (QED) is 0.383. The summed E-state index contributed by atoms with van der Waals surface area (Å²) >= 11 is 6.48. The third-order valence-electron chi connectivity index (χ3n) is 4.35. The van der Waals surface area contributed by atoms with Crippen molar-refractivity contribution in [1.29, 1.82) is 0 Å². The van der Waals surface area contributed by atoms with Crippen LogP contribution >= 0.6 is 24.0 Å². The normalized spacial score (nSPS) is 15.7. The molecule has 1 fully saturated rings. The number of methoxy groups -OCH3 is 2. The average Bonchev–Trinajstić information content (AvgIpc) is 2.97. The minimum atomic E-state index is -0.263. The Hall–Kier alpha value is -2.27. The van der Waals surface area contributed by atoms with E-state index < -0.39 is 0 Å². The molecule has 1 aliphatic heterocycles. The van der Waals surface area contributed by atoms with Crippen molar-refractivity contribution in [3.05, 3.63) is 44.7 Å². The summed E-state index contributed by atoms with van der Waals surface area (Å²) < 4.78 is 12.0. The third kappa shape index (κ3) is 4.50. The molecule has 8 nitrogen and oxygen atoms in total. The topological polar surface area (TPSA) is 85.2 Å². The van der Waals surface area contributed by atoms with Crippen LogP contribution in [0, 0.1) is 6.92 Å². The summed E-state index contributed by atoms with van der Waals surface area (Å²) in [6.45, 7) is 3.56. The second-order valence-corrected chi connectivity index (χ2v) is 7.99. The summed E-state index contributed by atoms with van der Waals surface area (Å²) in [5, 5.41) is 3.14. The first kappa shape index (κ1) is 21.4. The molecule has 0 spiro atoms. The monoisotopic (exact) mass is 434 g/mol. The highest BCUT2D eigenvalue weighted by molar-refractivity contribution is 8.26. The van der Waals surface area contributed by atoms with Gasteiger partial charge in [0.2, 0.25) is 0 Å². The van der Waals surface area contributed by atoms with Gasteiger partial charge in [-0.15, -0.1) is 0 Å². The number of amides is 1. The van der Waals surface area contributed by atoms with E-state index in [1.165, 1.54) is 21.1 Å². The molecule has 2 aromatic rings. The Morgan fingerprint density at radius 3 is 2.76 bits per heavy atom. The number of hydrogen-bond donors (Lipinski definition) is 1. The fourth-order valence-electron chi connectivity index (χ4n) is 2.85. The molecule has 10 heteroatoms. The van der Waals surface area contributed by atoms with Gasteiger partial charge in [0.25, 0.3) is 11.5 Å². The van der Waals surface area contributed by atoms with Crippen molar-refractivity contribution >= 4 is 51.7 Å². The number of pyridine rings is 1. The molecule has 3 heterocycles. The van der Waals surface area contributed by atoms with E-state index in [-0.39, 0.29) is 11.5 Å². The van der Waals surface area contributed by atoms with Crippen LogP contribution in [0.15, 0.2) is 28.0 Å². The summed E-state index contributed by atoms with van der Waals surface area (Å²) in [5.41, 5.74) is 1.47. The Morgan fingerprint density at radius 1 is 1.28 bits per heavy atom. The Labute approximate surface area is 177 Å². The van der Waals surface area contributed by atoms with E-state index >= 15 is 0 Å². The Bertz CT molecular complexity index is 1030. The lowest BCUT2D eigenvalue weighted by molar-refractivity contribution is -0.122. The minimum Gasteiger partial charge on any atom is -0.383 e. The van der Waals surface area contributed by atoms with Crippen LogP contribution < -0.4 is 10.9 Å². The van der Waals surface area contributed by atoms with Crippen molar-refractivity contribution in [3.8, 4) is 0 Å². The maximum absolute atomic E-state index is 13.2. The highest BCUT2D eigenvalue weighted by Gasteiger charge is 2.32. The second-order valence-electron chi connectivity index (χ2n) is 6.31. The Kier molecular flexibility index (Phi) is 7.01. The van der Waals surface area contributed by atoms with E-state index in [2.05, 4.69) is 10.3 Å². The van der Waals surface area contributed by atoms with Crippen molar-refractivity contribution in [2.24, 2.45) is 0 Å². The van der Waals surface area contributed by atoms with Crippen LogP contribution in [-0.2, 0) is 14.3 Å². The number of aryl methyl sites for hydroxylation is 1. The first-order chi connectivity index (χ1) is 14.0. The van der Waals surface area contributed by atoms with Gasteiger partial charge in [-0.1, -0.05) is 30.0 Å². The zero-order chi connectivity index (χ0) is 21.0. The minimum absolute atomic E-state index is 0.242. The maximum Gasteiger partial charge on any atom is 0.267 e. The molecule has 29 heavy (non-hydrogen) atoms. The van der Waals surface area contributed by atoms with Gasteiger partial charge in [0.15, 0.2) is 0 Å². The lowest BCUT2D eigenvalue weighted by atomic mass is 10.2. The fourth-order valence-corrected chi connectivity index (χ4v) is 4.14. The number of thioether (sulfide) groups is 1. The van der Waals surface area contributed by atoms with Crippen molar-refractivity contribution in [2.75, 3.05) is 45.8 Å². The number of aromatic nitrogens is 2. The van der Waals surface area contributed by atoms with Gasteiger partial charge in [-0.2, -0.15) is 0 Å². The van der Waals surface area contributed by atoms with Gasteiger partial charge in [0.05, 0.1) is 30.2 Å². The number of hydrogen-bond acceptors (Lipinski definition) is 8. The van der Waals surface area contributed by atoms with E-state index in [1.54, 1.807) is 32.6 Å². The lowest BCUT2D eigenvalue weighted by Crippen LogP contribution is -2.31. The average molecular weight is 435 g/mol. The number of nitrogens with zero attached hydrogens (tertiary/aromatic N) is 3. The highest BCUT2D eigenvalue weighted by atomic mass is 32.2. The number of ether oxygens (including phenoxy) is 2. The molecule has 1 amide bonds. The first-order valence-corrected chi connectivity index (χ1v) is 10.2. The van der Waals surface area contributed by atoms with E-state index in [4.69, 9.17) is 21.7 Å². The third-order valence-corrected chi connectivity index (χ3v) is 5.73. The molecule has 2 aromatic heterocycles. The van der Waals surface area contributed by atoms with E-state index in [0.29, 0.717) is 52.6 Å². The molecule has 0 aliphatic carbocycles. The molecular formula is C19H22N4O4S2. The van der Waals surface area contributed by atoms with E-state index in [1.807, 2.05) is 13.0 Å². The summed E-state index contributed by atoms with van der Waals surface area (Å²) in [4.78, 5) is 32.4. The number of fused-ring (bicyclic) bond motifs is 1. The molecule has 3 rings (SSSR count).